The van der Waals surface area contributed by atoms with Crippen LogP contribution in [0.25, 0.3) is 0 Å². The van der Waals surface area contributed by atoms with Gasteiger partial charge in [-0.25, -0.2) is 0 Å². The fraction of sp³-hybridized carbons (Fsp3) is 0.833. The van der Waals surface area contributed by atoms with Crippen molar-refractivity contribution in [3.8, 4) is 0 Å². The minimum atomic E-state index is -0.872. The highest BCUT2D eigenvalue weighted by molar-refractivity contribution is 7.86. The summed E-state index contributed by atoms with van der Waals surface area (Å²) >= 11 is 0. The number of ketones is 1. The highest BCUT2D eigenvalue weighted by Crippen LogP contribution is 2.24. The molecule has 0 spiro atoms. The van der Waals surface area contributed by atoms with Gasteiger partial charge in [-0.2, -0.15) is 0 Å². The Morgan fingerprint density at radius 1 is 1.56 bits per heavy atom. The Bertz CT molecular complexity index is 172. The number of carbonyl (C=O) groups is 1. The van der Waals surface area contributed by atoms with Gasteiger partial charge in [0.25, 0.3) is 0 Å². The van der Waals surface area contributed by atoms with Crippen LogP contribution in [0.3, 0.4) is 0 Å². The summed E-state index contributed by atoms with van der Waals surface area (Å²) in [5.74, 6) is 0.958. The first kappa shape index (κ1) is 6.93. The molecule has 1 saturated heterocycles. The average Bonchev–Trinajstić information content (AvgIpc) is 1.79. The van der Waals surface area contributed by atoms with E-state index in [-0.39, 0.29) is 17.0 Å². The van der Waals surface area contributed by atoms with Crippen molar-refractivity contribution in [2.24, 2.45) is 5.41 Å². The van der Waals surface area contributed by atoms with Crippen molar-refractivity contribution in [2.75, 3.05) is 11.5 Å². The lowest BCUT2D eigenvalue weighted by Gasteiger charge is -2.10. The van der Waals surface area contributed by atoms with E-state index in [1.54, 1.807) is 0 Å². The van der Waals surface area contributed by atoms with Gasteiger partial charge < -0.3 is 0 Å². The molecule has 1 fully saturated rings. The summed E-state index contributed by atoms with van der Waals surface area (Å²) in [5.41, 5.74) is -0.315. The summed E-state index contributed by atoms with van der Waals surface area (Å²) in [6, 6.07) is 0. The van der Waals surface area contributed by atoms with E-state index in [9.17, 15) is 9.00 Å². The quantitative estimate of drug-likeness (QED) is 0.494. The lowest BCUT2D eigenvalue weighted by atomic mass is 9.92. The zero-order valence-corrected chi connectivity index (χ0v) is 6.46. The van der Waals surface area contributed by atoms with E-state index in [4.69, 9.17) is 0 Å². The molecular formula is C6H10O2S. The topological polar surface area (TPSA) is 34.1 Å². The summed E-state index contributed by atoms with van der Waals surface area (Å²) in [6.07, 6.45) is 0. The fourth-order valence-corrected chi connectivity index (χ4v) is 2.63. The van der Waals surface area contributed by atoms with Crippen LogP contribution in [0.5, 0.6) is 0 Å². The molecule has 0 aromatic carbocycles. The number of rotatable bonds is 0. The van der Waals surface area contributed by atoms with E-state index >= 15 is 0 Å². The van der Waals surface area contributed by atoms with Crippen molar-refractivity contribution in [1.29, 1.82) is 0 Å². The molecule has 52 valence electrons. The Labute approximate surface area is 57.1 Å². The molecule has 0 aromatic heterocycles. The predicted octanol–water partition coefficient (Wildman–Crippen LogP) is 0.344. The molecule has 0 amide bonds. The van der Waals surface area contributed by atoms with E-state index in [1.807, 2.05) is 13.8 Å². The van der Waals surface area contributed by atoms with Crippen molar-refractivity contribution in [2.45, 2.75) is 13.8 Å². The molecule has 1 unspecified atom stereocenters. The van der Waals surface area contributed by atoms with Crippen molar-refractivity contribution >= 4 is 16.6 Å². The minimum Gasteiger partial charge on any atom is -0.298 e. The summed E-state index contributed by atoms with van der Waals surface area (Å²) in [5, 5.41) is 0. The van der Waals surface area contributed by atoms with E-state index in [0.29, 0.717) is 5.75 Å². The Balaban J connectivity index is 2.81. The number of hydrogen-bond donors (Lipinski definition) is 0. The first-order valence-electron chi connectivity index (χ1n) is 2.91. The maximum atomic E-state index is 10.9. The summed E-state index contributed by atoms with van der Waals surface area (Å²) in [4.78, 5) is 10.9. The van der Waals surface area contributed by atoms with Gasteiger partial charge in [-0.15, -0.1) is 0 Å². The van der Waals surface area contributed by atoms with Crippen molar-refractivity contribution in [1.82, 2.24) is 0 Å². The first-order chi connectivity index (χ1) is 4.02. The summed E-state index contributed by atoms with van der Waals surface area (Å²) in [6.45, 7) is 3.69. The molecule has 0 aliphatic carbocycles. The van der Waals surface area contributed by atoms with Crippen LogP contribution in [0.1, 0.15) is 13.8 Å². The molecule has 0 N–H and O–H groups in total. The largest absolute Gasteiger partial charge is 0.298 e. The van der Waals surface area contributed by atoms with Crippen molar-refractivity contribution in [3.63, 3.8) is 0 Å². The van der Waals surface area contributed by atoms with Crippen LogP contribution in [0.15, 0.2) is 0 Å². The zero-order valence-electron chi connectivity index (χ0n) is 5.64. The Morgan fingerprint density at radius 3 is 2.22 bits per heavy atom. The molecule has 1 atom stereocenters. The van der Waals surface area contributed by atoms with Crippen molar-refractivity contribution < 1.29 is 9.00 Å². The van der Waals surface area contributed by atoms with Crippen LogP contribution < -0.4 is 0 Å². The maximum absolute atomic E-state index is 10.9. The fourth-order valence-electron chi connectivity index (χ4n) is 0.876. The highest BCUT2D eigenvalue weighted by Gasteiger charge is 2.37. The third kappa shape index (κ3) is 1.21. The lowest BCUT2D eigenvalue weighted by molar-refractivity contribution is -0.122. The molecule has 2 nitrogen and oxygen atoms in total. The molecule has 1 aliphatic heterocycles. The van der Waals surface area contributed by atoms with Crippen molar-refractivity contribution in [3.05, 3.63) is 0 Å². The van der Waals surface area contributed by atoms with Gasteiger partial charge in [0.2, 0.25) is 0 Å². The standard InChI is InChI=1S/C6H10O2S/c1-6(2)4-9(8)3-5(6)7/h3-4H2,1-2H3. The normalized spacial score (nSPS) is 33.1. The second-order valence-electron chi connectivity index (χ2n) is 3.04. The van der Waals surface area contributed by atoms with Crippen LogP contribution in [0.2, 0.25) is 0 Å². The molecule has 1 aliphatic rings. The van der Waals surface area contributed by atoms with Gasteiger partial charge in [0, 0.05) is 22.0 Å². The van der Waals surface area contributed by atoms with Gasteiger partial charge >= 0.3 is 0 Å². The molecule has 0 saturated carbocycles. The van der Waals surface area contributed by atoms with Crippen LogP contribution in [-0.4, -0.2) is 21.5 Å². The van der Waals surface area contributed by atoms with Gasteiger partial charge in [0.15, 0.2) is 5.78 Å². The smallest absolute Gasteiger partial charge is 0.151 e. The lowest BCUT2D eigenvalue weighted by Crippen LogP contribution is -2.20. The predicted molar refractivity (Wildman–Crippen MR) is 36.7 cm³/mol. The molecule has 0 bridgehead atoms. The van der Waals surface area contributed by atoms with E-state index in [2.05, 4.69) is 0 Å². The monoisotopic (exact) mass is 146 g/mol. The molecule has 1 rings (SSSR count). The number of Topliss-reactive ketones (excluding diaryl/α,β-unsaturated/α-hetero) is 1. The van der Waals surface area contributed by atoms with Crippen LogP contribution in [-0.2, 0) is 15.6 Å². The maximum Gasteiger partial charge on any atom is 0.151 e. The SMILES string of the molecule is CC1(C)CS(=O)CC1=O. The second kappa shape index (κ2) is 1.90. The molecule has 9 heavy (non-hydrogen) atoms. The number of hydrogen-bond acceptors (Lipinski definition) is 2. The Hall–Kier alpha value is -0.180. The van der Waals surface area contributed by atoms with E-state index < -0.39 is 10.8 Å². The average molecular weight is 146 g/mol. The van der Waals surface area contributed by atoms with Crippen LogP contribution in [0, 0.1) is 5.41 Å². The molecule has 3 heteroatoms. The molecular weight excluding hydrogens is 136 g/mol. The summed E-state index contributed by atoms with van der Waals surface area (Å²) < 4.78 is 10.8. The van der Waals surface area contributed by atoms with Gasteiger partial charge in [-0.1, -0.05) is 13.8 Å². The summed E-state index contributed by atoms with van der Waals surface area (Å²) in [7, 11) is -0.872. The van der Waals surface area contributed by atoms with Gasteiger partial charge in [-0.05, 0) is 0 Å². The van der Waals surface area contributed by atoms with Crippen LogP contribution in [0.4, 0.5) is 0 Å². The third-order valence-electron chi connectivity index (χ3n) is 1.57. The highest BCUT2D eigenvalue weighted by atomic mass is 32.2. The zero-order chi connectivity index (χ0) is 7.07. The minimum absolute atomic E-state index is 0.140. The molecule has 0 aromatic rings. The Kier molecular flexibility index (Phi) is 1.47. The second-order valence-corrected chi connectivity index (χ2v) is 4.49. The van der Waals surface area contributed by atoms with Crippen LogP contribution >= 0.6 is 0 Å². The van der Waals surface area contributed by atoms with Gasteiger partial charge in [0.05, 0.1) is 5.75 Å². The van der Waals surface area contributed by atoms with Gasteiger partial charge in [0.1, 0.15) is 0 Å². The van der Waals surface area contributed by atoms with E-state index in [1.165, 1.54) is 0 Å². The molecule has 0 radical (unpaired) electrons. The van der Waals surface area contributed by atoms with Gasteiger partial charge in [-0.3, -0.25) is 9.00 Å². The number of carbonyl (C=O) groups excluding carboxylic acids is 1. The molecule has 1 heterocycles. The first-order valence-corrected chi connectivity index (χ1v) is 4.39. The van der Waals surface area contributed by atoms with E-state index in [0.717, 1.165) is 0 Å². The third-order valence-corrected chi connectivity index (χ3v) is 3.20. The Morgan fingerprint density at radius 2 is 2.11 bits per heavy atom.